The van der Waals surface area contributed by atoms with Crippen molar-refractivity contribution in [1.82, 2.24) is 0 Å². The molecular weight excluding hydrogens is 226 g/mol. The van der Waals surface area contributed by atoms with Crippen molar-refractivity contribution in [2.24, 2.45) is 10.2 Å². The van der Waals surface area contributed by atoms with Crippen molar-refractivity contribution in [3.05, 3.63) is 54.6 Å². The Morgan fingerprint density at radius 3 is 2.33 bits per heavy atom. The van der Waals surface area contributed by atoms with Crippen LogP contribution in [0.1, 0.15) is 6.92 Å². The van der Waals surface area contributed by atoms with Crippen LogP contribution < -0.4 is 5.32 Å². The van der Waals surface area contributed by atoms with E-state index in [0.717, 1.165) is 5.69 Å². The molecule has 0 saturated heterocycles. The van der Waals surface area contributed by atoms with E-state index in [-0.39, 0.29) is 5.91 Å². The Balaban J connectivity index is 2.14. The van der Waals surface area contributed by atoms with E-state index in [4.69, 9.17) is 0 Å². The van der Waals surface area contributed by atoms with E-state index in [0.29, 0.717) is 11.4 Å². The molecule has 2 aromatic carbocycles. The second kappa shape index (κ2) is 5.72. The molecule has 2 aromatic rings. The minimum Gasteiger partial charge on any atom is -0.326 e. The lowest BCUT2D eigenvalue weighted by atomic mass is 10.3. The standard InChI is InChI=1S/C14H13N3O/c1-11(18)15-13-8-5-9-14(10-13)17-16-12-6-3-2-4-7-12/h2-10H,1H3,(H,15,18)/b17-16+. The van der Waals surface area contributed by atoms with Crippen molar-refractivity contribution in [3.63, 3.8) is 0 Å². The Hall–Kier alpha value is -2.49. The fourth-order valence-corrected chi connectivity index (χ4v) is 1.46. The van der Waals surface area contributed by atoms with E-state index in [1.807, 2.05) is 48.5 Å². The molecule has 0 atom stereocenters. The fourth-order valence-electron chi connectivity index (χ4n) is 1.46. The van der Waals surface area contributed by atoms with Gasteiger partial charge in [0.05, 0.1) is 11.4 Å². The summed E-state index contributed by atoms with van der Waals surface area (Å²) in [6.07, 6.45) is 0. The van der Waals surface area contributed by atoms with Gasteiger partial charge in [0.25, 0.3) is 0 Å². The smallest absolute Gasteiger partial charge is 0.221 e. The highest BCUT2D eigenvalue weighted by Gasteiger charge is 1.96. The summed E-state index contributed by atoms with van der Waals surface area (Å²) in [6.45, 7) is 1.47. The van der Waals surface area contributed by atoms with Crippen LogP contribution in [-0.4, -0.2) is 5.91 Å². The Morgan fingerprint density at radius 2 is 1.61 bits per heavy atom. The Morgan fingerprint density at radius 1 is 0.944 bits per heavy atom. The first-order valence-electron chi connectivity index (χ1n) is 5.58. The third kappa shape index (κ3) is 3.52. The van der Waals surface area contributed by atoms with Gasteiger partial charge >= 0.3 is 0 Å². The molecule has 90 valence electrons. The van der Waals surface area contributed by atoms with E-state index in [1.165, 1.54) is 6.92 Å². The predicted octanol–water partition coefficient (Wildman–Crippen LogP) is 4.06. The molecule has 2 rings (SSSR count). The van der Waals surface area contributed by atoms with Crippen LogP contribution in [0.4, 0.5) is 17.1 Å². The van der Waals surface area contributed by atoms with Crippen molar-refractivity contribution in [1.29, 1.82) is 0 Å². The predicted molar refractivity (Wildman–Crippen MR) is 71.4 cm³/mol. The molecule has 0 aromatic heterocycles. The first kappa shape index (κ1) is 12.0. The van der Waals surface area contributed by atoms with Crippen molar-refractivity contribution < 1.29 is 4.79 Å². The number of amides is 1. The molecule has 18 heavy (non-hydrogen) atoms. The Bertz CT molecular complexity index is 564. The molecule has 1 N–H and O–H groups in total. The van der Waals surface area contributed by atoms with Gasteiger partial charge in [0.2, 0.25) is 5.91 Å². The number of nitrogens with zero attached hydrogens (tertiary/aromatic N) is 2. The monoisotopic (exact) mass is 239 g/mol. The van der Waals surface area contributed by atoms with Crippen molar-refractivity contribution in [2.75, 3.05) is 5.32 Å². The van der Waals surface area contributed by atoms with Gasteiger partial charge in [0.15, 0.2) is 0 Å². The van der Waals surface area contributed by atoms with Crippen LogP contribution >= 0.6 is 0 Å². The van der Waals surface area contributed by atoms with Crippen LogP contribution in [0.2, 0.25) is 0 Å². The highest BCUT2D eigenvalue weighted by atomic mass is 16.1. The molecule has 4 heteroatoms. The second-order valence-corrected chi connectivity index (χ2v) is 3.77. The van der Waals surface area contributed by atoms with Crippen LogP contribution in [0.5, 0.6) is 0 Å². The number of azo groups is 1. The molecule has 0 spiro atoms. The zero-order valence-electron chi connectivity index (χ0n) is 10.00. The lowest BCUT2D eigenvalue weighted by molar-refractivity contribution is -0.114. The van der Waals surface area contributed by atoms with Crippen molar-refractivity contribution >= 4 is 23.0 Å². The van der Waals surface area contributed by atoms with Gasteiger partial charge in [-0.05, 0) is 30.3 Å². The average molecular weight is 239 g/mol. The molecule has 4 nitrogen and oxygen atoms in total. The zero-order chi connectivity index (χ0) is 12.8. The summed E-state index contributed by atoms with van der Waals surface area (Å²) in [7, 11) is 0. The molecule has 0 unspecified atom stereocenters. The summed E-state index contributed by atoms with van der Waals surface area (Å²) in [5.74, 6) is -0.104. The molecule has 0 bridgehead atoms. The molecule has 0 radical (unpaired) electrons. The van der Waals surface area contributed by atoms with Gasteiger partial charge in [-0.1, -0.05) is 24.3 Å². The van der Waals surface area contributed by atoms with Gasteiger partial charge in [-0.2, -0.15) is 10.2 Å². The highest BCUT2D eigenvalue weighted by Crippen LogP contribution is 2.21. The zero-order valence-corrected chi connectivity index (χ0v) is 10.00. The van der Waals surface area contributed by atoms with E-state index in [2.05, 4.69) is 15.5 Å². The number of hydrogen-bond acceptors (Lipinski definition) is 3. The number of benzene rings is 2. The SMILES string of the molecule is CC(=O)Nc1cccc(/N=N/c2ccccc2)c1. The fraction of sp³-hybridized carbons (Fsp3) is 0.0714. The average Bonchev–Trinajstić information content (AvgIpc) is 2.37. The molecule has 0 fully saturated rings. The van der Waals surface area contributed by atoms with Crippen molar-refractivity contribution in [3.8, 4) is 0 Å². The van der Waals surface area contributed by atoms with Crippen LogP contribution in [0.25, 0.3) is 0 Å². The number of carbonyl (C=O) groups is 1. The maximum absolute atomic E-state index is 10.9. The summed E-state index contributed by atoms with van der Waals surface area (Å²) in [6, 6.07) is 16.7. The number of carbonyl (C=O) groups excluding carboxylic acids is 1. The molecule has 0 heterocycles. The first-order valence-corrected chi connectivity index (χ1v) is 5.58. The van der Waals surface area contributed by atoms with Gasteiger partial charge in [-0.15, -0.1) is 0 Å². The van der Waals surface area contributed by atoms with E-state index < -0.39 is 0 Å². The van der Waals surface area contributed by atoms with Gasteiger partial charge in [0, 0.05) is 12.6 Å². The van der Waals surface area contributed by atoms with Crippen LogP contribution in [0, 0.1) is 0 Å². The molecule has 0 aliphatic heterocycles. The maximum Gasteiger partial charge on any atom is 0.221 e. The first-order chi connectivity index (χ1) is 8.74. The Labute approximate surface area is 105 Å². The number of anilines is 1. The number of nitrogens with one attached hydrogen (secondary N) is 1. The third-order valence-electron chi connectivity index (χ3n) is 2.20. The van der Waals surface area contributed by atoms with Gasteiger partial charge in [-0.3, -0.25) is 4.79 Å². The van der Waals surface area contributed by atoms with E-state index >= 15 is 0 Å². The molecular formula is C14H13N3O. The molecule has 0 aliphatic rings. The summed E-state index contributed by atoms with van der Waals surface area (Å²) in [5.41, 5.74) is 2.21. The van der Waals surface area contributed by atoms with Gasteiger partial charge in [-0.25, -0.2) is 0 Å². The van der Waals surface area contributed by atoms with Crippen LogP contribution in [0.15, 0.2) is 64.8 Å². The van der Waals surface area contributed by atoms with Gasteiger partial charge < -0.3 is 5.32 Å². The summed E-state index contributed by atoms with van der Waals surface area (Å²) in [5, 5.41) is 10.9. The normalized spacial score (nSPS) is 10.5. The number of hydrogen-bond donors (Lipinski definition) is 1. The summed E-state index contributed by atoms with van der Waals surface area (Å²) in [4.78, 5) is 10.9. The minimum atomic E-state index is -0.104. The summed E-state index contributed by atoms with van der Waals surface area (Å²) >= 11 is 0. The number of rotatable bonds is 3. The van der Waals surface area contributed by atoms with Crippen LogP contribution in [-0.2, 0) is 4.79 Å². The van der Waals surface area contributed by atoms with Crippen molar-refractivity contribution in [2.45, 2.75) is 6.92 Å². The lowest BCUT2D eigenvalue weighted by Crippen LogP contribution is -2.04. The molecule has 0 saturated carbocycles. The third-order valence-corrected chi connectivity index (χ3v) is 2.20. The minimum absolute atomic E-state index is 0.104. The Kier molecular flexibility index (Phi) is 3.81. The molecule has 0 aliphatic carbocycles. The highest BCUT2D eigenvalue weighted by molar-refractivity contribution is 5.89. The van der Waals surface area contributed by atoms with Gasteiger partial charge in [0.1, 0.15) is 0 Å². The van der Waals surface area contributed by atoms with Crippen LogP contribution in [0.3, 0.4) is 0 Å². The second-order valence-electron chi connectivity index (χ2n) is 3.77. The summed E-state index contributed by atoms with van der Waals surface area (Å²) < 4.78 is 0. The molecule has 1 amide bonds. The van der Waals surface area contributed by atoms with E-state index in [9.17, 15) is 4.79 Å². The lowest BCUT2D eigenvalue weighted by Gasteiger charge is -2.01. The largest absolute Gasteiger partial charge is 0.326 e. The maximum atomic E-state index is 10.9. The topological polar surface area (TPSA) is 53.8 Å². The van der Waals surface area contributed by atoms with E-state index in [1.54, 1.807) is 6.07 Å². The quantitative estimate of drug-likeness (QED) is 0.807.